The Morgan fingerprint density at radius 2 is 2.14 bits per heavy atom. The normalized spacial score (nSPS) is 24.0. The van der Waals surface area contributed by atoms with Crippen molar-refractivity contribution in [3.8, 4) is 0 Å². The molecule has 0 bridgehead atoms. The van der Waals surface area contributed by atoms with Gasteiger partial charge >= 0.3 is 0 Å². The Kier molecular flexibility index (Phi) is 4.79. The van der Waals surface area contributed by atoms with Gasteiger partial charge in [0.15, 0.2) is 0 Å². The molecule has 1 aromatic carbocycles. The Hall–Kier alpha value is -1.39. The lowest BCUT2D eigenvalue weighted by atomic mass is 9.68. The molecular formula is C18H26N2O2. The van der Waals surface area contributed by atoms with Crippen molar-refractivity contribution in [2.24, 2.45) is 5.41 Å². The number of likely N-dealkylation sites (tertiary alicyclic amines) is 1. The fraction of sp³-hybridized carbons (Fsp3) is 0.611. The van der Waals surface area contributed by atoms with Gasteiger partial charge in [-0.05, 0) is 24.8 Å². The third-order valence-electron chi connectivity index (χ3n) is 5.07. The summed E-state index contributed by atoms with van der Waals surface area (Å²) in [7, 11) is 1.69. The zero-order valence-electron chi connectivity index (χ0n) is 13.4. The van der Waals surface area contributed by atoms with E-state index in [4.69, 9.17) is 4.74 Å². The molecule has 1 aliphatic heterocycles. The Labute approximate surface area is 132 Å². The van der Waals surface area contributed by atoms with Crippen LogP contribution in [-0.4, -0.2) is 43.7 Å². The number of nitrogens with one attached hydrogen (secondary N) is 1. The van der Waals surface area contributed by atoms with Crippen molar-refractivity contribution in [2.75, 3.05) is 26.8 Å². The van der Waals surface area contributed by atoms with Crippen molar-refractivity contribution in [1.29, 1.82) is 0 Å². The third kappa shape index (κ3) is 3.33. The van der Waals surface area contributed by atoms with E-state index >= 15 is 0 Å². The van der Waals surface area contributed by atoms with Gasteiger partial charge in [-0.25, -0.2) is 0 Å². The second-order valence-corrected chi connectivity index (χ2v) is 6.75. The van der Waals surface area contributed by atoms with Crippen molar-refractivity contribution < 1.29 is 9.53 Å². The summed E-state index contributed by atoms with van der Waals surface area (Å²) in [5.74, 6) is 0.201. The van der Waals surface area contributed by atoms with Crippen LogP contribution in [0, 0.1) is 5.41 Å². The number of amides is 1. The maximum atomic E-state index is 12.5. The predicted molar refractivity (Wildman–Crippen MR) is 86.4 cm³/mol. The lowest BCUT2D eigenvalue weighted by Crippen LogP contribution is -2.51. The smallest absolute Gasteiger partial charge is 0.228 e. The highest BCUT2D eigenvalue weighted by Crippen LogP contribution is 2.41. The molecule has 1 aromatic rings. The van der Waals surface area contributed by atoms with Gasteiger partial charge in [0.05, 0.1) is 12.0 Å². The molecule has 1 saturated carbocycles. The standard InChI is InChI=1S/C18H26N2O2/c1-22-14-18(9-5-10-18)17(21)19-16-8-11-20(13-16)12-15-6-3-2-4-7-15/h2-4,6-7,16H,5,8-14H2,1H3,(H,19,21)/t16-/m0/s1. The van der Waals surface area contributed by atoms with Gasteiger partial charge in [-0.3, -0.25) is 9.69 Å². The molecule has 3 rings (SSSR count). The van der Waals surface area contributed by atoms with Gasteiger partial charge in [0, 0.05) is 32.8 Å². The van der Waals surface area contributed by atoms with Crippen LogP contribution in [0.15, 0.2) is 30.3 Å². The Balaban J connectivity index is 1.49. The van der Waals surface area contributed by atoms with E-state index in [1.54, 1.807) is 7.11 Å². The van der Waals surface area contributed by atoms with Crippen LogP contribution in [0.3, 0.4) is 0 Å². The van der Waals surface area contributed by atoms with Crippen LogP contribution in [0.2, 0.25) is 0 Å². The van der Waals surface area contributed by atoms with E-state index in [1.807, 2.05) is 6.07 Å². The van der Waals surface area contributed by atoms with Crippen LogP contribution >= 0.6 is 0 Å². The summed E-state index contributed by atoms with van der Waals surface area (Å²) >= 11 is 0. The van der Waals surface area contributed by atoms with Gasteiger partial charge < -0.3 is 10.1 Å². The monoisotopic (exact) mass is 302 g/mol. The summed E-state index contributed by atoms with van der Waals surface area (Å²) < 4.78 is 5.26. The lowest BCUT2D eigenvalue weighted by Gasteiger charge is -2.40. The molecule has 1 saturated heterocycles. The second-order valence-electron chi connectivity index (χ2n) is 6.75. The summed E-state index contributed by atoms with van der Waals surface area (Å²) in [6, 6.07) is 10.8. The average Bonchev–Trinajstić information content (AvgIpc) is 2.91. The Bertz CT molecular complexity index is 499. The highest BCUT2D eigenvalue weighted by molar-refractivity contribution is 5.84. The maximum absolute atomic E-state index is 12.5. The summed E-state index contributed by atoms with van der Waals surface area (Å²) in [5, 5.41) is 3.26. The van der Waals surface area contributed by atoms with Crippen LogP contribution in [0.4, 0.5) is 0 Å². The number of carbonyl (C=O) groups excluding carboxylic acids is 1. The summed E-state index contributed by atoms with van der Waals surface area (Å²) in [6.45, 7) is 3.52. The molecule has 0 unspecified atom stereocenters. The van der Waals surface area contributed by atoms with Crippen molar-refractivity contribution in [3.63, 3.8) is 0 Å². The Morgan fingerprint density at radius 1 is 1.36 bits per heavy atom. The topological polar surface area (TPSA) is 41.6 Å². The summed E-state index contributed by atoms with van der Waals surface area (Å²) in [4.78, 5) is 15.0. The van der Waals surface area contributed by atoms with Crippen molar-refractivity contribution in [2.45, 2.75) is 38.3 Å². The van der Waals surface area contributed by atoms with Crippen LogP contribution < -0.4 is 5.32 Å². The molecule has 1 atom stereocenters. The van der Waals surface area contributed by atoms with E-state index in [0.717, 1.165) is 45.3 Å². The molecule has 2 aliphatic rings. The number of hydrogen-bond acceptors (Lipinski definition) is 3. The number of ether oxygens (including phenoxy) is 1. The van der Waals surface area contributed by atoms with E-state index in [1.165, 1.54) is 5.56 Å². The highest BCUT2D eigenvalue weighted by Gasteiger charge is 2.45. The predicted octanol–water partition coefficient (Wildman–Crippen LogP) is 2.19. The molecule has 1 aliphatic carbocycles. The van der Waals surface area contributed by atoms with Gasteiger partial charge in [0.1, 0.15) is 0 Å². The SMILES string of the molecule is COCC1(C(=O)N[C@H]2CCN(Cc3ccccc3)C2)CCC1. The minimum absolute atomic E-state index is 0.201. The molecule has 4 heteroatoms. The average molecular weight is 302 g/mol. The van der Waals surface area contributed by atoms with Crippen molar-refractivity contribution >= 4 is 5.91 Å². The van der Waals surface area contributed by atoms with Gasteiger partial charge in [-0.15, -0.1) is 0 Å². The fourth-order valence-corrected chi connectivity index (χ4v) is 3.59. The van der Waals surface area contributed by atoms with Gasteiger partial charge in [0.2, 0.25) is 5.91 Å². The van der Waals surface area contributed by atoms with Crippen molar-refractivity contribution in [1.82, 2.24) is 10.2 Å². The Morgan fingerprint density at radius 3 is 2.77 bits per heavy atom. The first-order valence-corrected chi connectivity index (χ1v) is 8.28. The first-order valence-electron chi connectivity index (χ1n) is 8.28. The van der Waals surface area contributed by atoms with Gasteiger partial charge in [-0.1, -0.05) is 36.8 Å². The van der Waals surface area contributed by atoms with Crippen LogP contribution in [0.5, 0.6) is 0 Å². The largest absolute Gasteiger partial charge is 0.384 e. The number of rotatable bonds is 6. The molecule has 0 spiro atoms. The number of methoxy groups -OCH3 is 1. The molecule has 1 amide bonds. The molecule has 120 valence electrons. The summed E-state index contributed by atoms with van der Waals surface area (Å²) in [6.07, 6.45) is 4.11. The molecular weight excluding hydrogens is 276 g/mol. The third-order valence-corrected chi connectivity index (χ3v) is 5.07. The molecule has 1 N–H and O–H groups in total. The zero-order chi connectivity index (χ0) is 15.4. The number of benzene rings is 1. The number of nitrogens with zero attached hydrogens (tertiary/aromatic N) is 1. The van der Waals surface area contributed by atoms with Gasteiger partial charge in [0.25, 0.3) is 0 Å². The first kappa shape index (κ1) is 15.5. The maximum Gasteiger partial charge on any atom is 0.228 e. The zero-order valence-corrected chi connectivity index (χ0v) is 13.4. The minimum atomic E-state index is -0.248. The van der Waals surface area contributed by atoms with Crippen molar-refractivity contribution in [3.05, 3.63) is 35.9 Å². The molecule has 4 nitrogen and oxygen atoms in total. The van der Waals surface area contributed by atoms with E-state index in [-0.39, 0.29) is 17.4 Å². The minimum Gasteiger partial charge on any atom is -0.384 e. The molecule has 0 aromatic heterocycles. The fourth-order valence-electron chi connectivity index (χ4n) is 3.59. The van der Waals surface area contributed by atoms with E-state index in [0.29, 0.717) is 6.61 Å². The highest BCUT2D eigenvalue weighted by atomic mass is 16.5. The van der Waals surface area contributed by atoms with E-state index in [2.05, 4.69) is 34.5 Å². The number of carbonyl (C=O) groups is 1. The van der Waals surface area contributed by atoms with E-state index in [9.17, 15) is 4.79 Å². The first-order chi connectivity index (χ1) is 10.7. The van der Waals surface area contributed by atoms with Gasteiger partial charge in [-0.2, -0.15) is 0 Å². The van der Waals surface area contributed by atoms with Crippen LogP contribution in [-0.2, 0) is 16.1 Å². The molecule has 22 heavy (non-hydrogen) atoms. The molecule has 2 fully saturated rings. The summed E-state index contributed by atoms with van der Waals surface area (Å²) in [5.41, 5.74) is 1.09. The number of hydrogen-bond donors (Lipinski definition) is 1. The molecule has 1 heterocycles. The van der Waals surface area contributed by atoms with E-state index < -0.39 is 0 Å². The lowest BCUT2D eigenvalue weighted by molar-refractivity contribution is -0.141. The molecule has 0 radical (unpaired) electrons. The quantitative estimate of drug-likeness (QED) is 0.876. The van der Waals surface area contributed by atoms with Crippen LogP contribution in [0.25, 0.3) is 0 Å². The van der Waals surface area contributed by atoms with Crippen LogP contribution in [0.1, 0.15) is 31.2 Å². The second kappa shape index (κ2) is 6.80.